The van der Waals surface area contributed by atoms with Gasteiger partial charge in [0.05, 0.1) is 0 Å². The maximum absolute atomic E-state index is 3.79. The van der Waals surface area contributed by atoms with Crippen molar-refractivity contribution in [2.75, 3.05) is 6.54 Å². The maximum Gasteiger partial charge on any atom is 0.00672 e. The molecule has 1 N–H and O–H groups in total. The Bertz CT molecular complexity index is 176. The topological polar surface area (TPSA) is 12.0 Å². The van der Waals surface area contributed by atoms with Crippen LogP contribution >= 0.6 is 0 Å². The molecule has 0 aromatic heterocycles. The first-order valence-electron chi connectivity index (χ1n) is 7.58. The molecule has 94 valence electrons. The second-order valence-corrected chi connectivity index (χ2v) is 6.20. The smallest absolute Gasteiger partial charge is 0.00672 e. The van der Waals surface area contributed by atoms with E-state index in [9.17, 15) is 0 Å². The lowest BCUT2D eigenvalue weighted by Gasteiger charge is -2.28. The second-order valence-electron chi connectivity index (χ2n) is 6.20. The van der Waals surface area contributed by atoms with E-state index in [4.69, 9.17) is 0 Å². The summed E-state index contributed by atoms with van der Waals surface area (Å²) < 4.78 is 0. The van der Waals surface area contributed by atoms with Crippen LogP contribution in [0.1, 0.15) is 71.1 Å². The fraction of sp³-hybridized carbons (Fsp3) is 1.00. The molecule has 0 atom stereocenters. The first-order chi connectivity index (χ1) is 7.84. The van der Waals surface area contributed by atoms with Gasteiger partial charge in [-0.25, -0.2) is 0 Å². The minimum absolute atomic E-state index is 0.847. The Morgan fingerprint density at radius 2 is 1.56 bits per heavy atom. The van der Waals surface area contributed by atoms with Gasteiger partial charge in [0.2, 0.25) is 0 Å². The van der Waals surface area contributed by atoms with Gasteiger partial charge in [0.1, 0.15) is 0 Å². The van der Waals surface area contributed by atoms with Gasteiger partial charge in [-0.3, -0.25) is 0 Å². The van der Waals surface area contributed by atoms with Crippen LogP contribution in [-0.2, 0) is 0 Å². The Hall–Kier alpha value is -0.0400. The van der Waals surface area contributed by atoms with Gasteiger partial charge in [-0.2, -0.15) is 0 Å². The highest BCUT2D eigenvalue weighted by molar-refractivity contribution is 4.76. The van der Waals surface area contributed by atoms with Gasteiger partial charge in [-0.15, -0.1) is 0 Å². The Labute approximate surface area is 101 Å². The summed E-state index contributed by atoms with van der Waals surface area (Å²) in [6.45, 7) is 3.68. The van der Waals surface area contributed by atoms with Crippen LogP contribution in [0.5, 0.6) is 0 Å². The third-order valence-electron chi connectivity index (χ3n) is 4.73. The summed E-state index contributed by atoms with van der Waals surface area (Å²) in [5.74, 6) is 2.03. The fourth-order valence-corrected chi connectivity index (χ4v) is 3.43. The molecule has 16 heavy (non-hydrogen) atoms. The molecule has 0 spiro atoms. The maximum atomic E-state index is 3.79. The first-order valence-corrected chi connectivity index (χ1v) is 7.58. The largest absolute Gasteiger partial charge is 0.314 e. The molecule has 0 unspecified atom stereocenters. The number of nitrogens with one attached hydrogen (secondary N) is 1. The van der Waals surface area contributed by atoms with Gasteiger partial charge in [-0.1, -0.05) is 39.0 Å². The molecule has 0 aromatic carbocycles. The van der Waals surface area contributed by atoms with Gasteiger partial charge < -0.3 is 5.32 Å². The van der Waals surface area contributed by atoms with Crippen LogP contribution in [0.25, 0.3) is 0 Å². The molecule has 0 heterocycles. The molecule has 1 nitrogen and oxygen atoms in total. The highest BCUT2D eigenvalue weighted by atomic mass is 14.9. The van der Waals surface area contributed by atoms with Gasteiger partial charge in [0.25, 0.3) is 0 Å². The summed E-state index contributed by atoms with van der Waals surface area (Å²) in [5, 5.41) is 3.79. The molecule has 2 rings (SSSR count). The van der Waals surface area contributed by atoms with Crippen molar-refractivity contribution in [2.45, 2.75) is 77.2 Å². The van der Waals surface area contributed by atoms with E-state index < -0.39 is 0 Å². The third kappa shape index (κ3) is 4.08. The number of rotatable bonds is 4. The van der Waals surface area contributed by atoms with E-state index in [-0.39, 0.29) is 0 Å². The molecule has 0 amide bonds. The number of hydrogen-bond acceptors (Lipinski definition) is 1. The number of hydrogen-bond donors (Lipinski definition) is 1. The van der Waals surface area contributed by atoms with Crippen molar-refractivity contribution in [3.05, 3.63) is 0 Å². The molecular weight excluding hydrogens is 194 g/mol. The Morgan fingerprint density at radius 1 is 0.875 bits per heavy atom. The summed E-state index contributed by atoms with van der Waals surface area (Å²) in [7, 11) is 0. The zero-order valence-electron chi connectivity index (χ0n) is 11.0. The second kappa shape index (κ2) is 6.64. The molecule has 0 aromatic rings. The van der Waals surface area contributed by atoms with Gasteiger partial charge in [0.15, 0.2) is 0 Å². The lowest BCUT2D eigenvalue weighted by atomic mass is 9.86. The molecule has 2 aliphatic carbocycles. The van der Waals surface area contributed by atoms with Crippen LogP contribution in [0.2, 0.25) is 0 Å². The molecule has 2 saturated carbocycles. The van der Waals surface area contributed by atoms with Gasteiger partial charge >= 0.3 is 0 Å². The first kappa shape index (κ1) is 12.4. The fourth-order valence-electron chi connectivity index (χ4n) is 3.43. The van der Waals surface area contributed by atoms with E-state index in [0.717, 1.165) is 17.9 Å². The van der Waals surface area contributed by atoms with Crippen molar-refractivity contribution in [1.82, 2.24) is 5.32 Å². The van der Waals surface area contributed by atoms with Crippen molar-refractivity contribution in [2.24, 2.45) is 11.8 Å². The van der Waals surface area contributed by atoms with Gasteiger partial charge in [0, 0.05) is 6.04 Å². The Morgan fingerprint density at radius 3 is 2.25 bits per heavy atom. The van der Waals surface area contributed by atoms with Crippen molar-refractivity contribution >= 4 is 0 Å². The van der Waals surface area contributed by atoms with E-state index in [0.29, 0.717) is 0 Å². The van der Waals surface area contributed by atoms with Crippen LogP contribution in [0.3, 0.4) is 0 Å². The van der Waals surface area contributed by atoms with Crippen molar-refractivity contribution < 1.29 is 0 Å². The van der Waals surface area contributed by atoms with Crippen molar-refractivity contribution in [1.29, 1.82) is 0 Å². The zero-order valence-corrected chi connectivity index (χ0v) is 11.0. The Kier molecular flexibility index (Phi) is 5.15. The molecule has 0 aliphatic heterocycles. The summed E-state index contributed by atoms with van der Waals surface area (Å²) in [4.78, 5) is 0. The minimum atomic E-state index is 0.847. The molecular formula is C15H29N. The van der Waals surface area contributed by atoms with Crippen molar-refractivity contribution in [3.8, 4) is 0 Å². The summed E-state index contributed by atoms with van der Waals surface area (Å²) >= 11 is 0. The molecule has 1 heteroatoms. The normalized spacial score (nSPS) is 32.8. The lowest BCUT2D eigenvalue weighted by Crippen LogP contribution is -2.34. The molecule has 2 aliphatic rings. The summed E-state index contributed by atoms with van der Waals surface area (Å²) in [6, 6.07) is 0.847. The highest BCUT2D eigenvalue weighted by Gasteiger charge is 2.18. The highest BCUT2D eigenvalue weighted by Crippen LogP contribution is 2.26. The third-order valence-corrected chi connectivity index (χ3v) is 4.73. The summed E-state index contributed by atoms with van der Waals surface area (Å²) in [5.41, 5.74) is 0. The van der Waals surface area contributed by atoms with Crippen LogP contribution < -0.4 is 5.32 Å². The van der Waals surface area contributed by atoms with E-state index in [1.165, 1.54) is 70.8 Å². The van der Waals surface area contributed by atoms with Crippen molar-refractivity contribution in [3.63, 3.8) is 0 Å². The quantitative estimate of drug-likeness (QED) is 0.756. The average Bonchev–Trinajstić information content (AvgIpc) is 2.33. The minimum Gasteiger partial charge on any atom is -0.314 e. The standard InChI is InChI=1S/C15H29N/c1-13-7-9-15(10-8-13)16-12-11-14-5-3-2-4-6-14/h13-16H,2-12H2,1H3. The average molecular weight is 223 g/mol. The molecule has 0 bridgehead atoms. The monoisotopic (exact) mass is 223 g/mol. The predicted molar refractivity (Wildman–Crippen MR) is 70.6 cm³/mol. The predicted octanol–water partition coefficient (Wildman–Crippen LogP) is 4.13. The van der Waals surface area contributed by atoms with E-state index in [2.05, 4.69) is 12.2 Å². The van der Waals surface area contributed by atoms with Crippen LogP contribution in [0, 0.1) is 11.8 Å². The van der Waals surface area contributed by atoms with E-state index >= 15 is 0 Å². The zero-order chi connectivity index (χ0) is 11.2. The van der Waals surface area contributed by atoms with Gasteiger partial charge in [-0.05, 0) is 50.5 Å². The Balaban J connectivity index is 1.53. The van der Waals surface area contributed by atoms with E-state index in [1.807, 2.05) is 0 Å². The van der Waals surface area contributed by atoms with E-state index in [1.54, 1.807) is 0 Å². The van der Waals surface area contributed by atoms with Crippen LogP contribution in [0.15, 0.2) is 0 Å². The molecule has 0 saturated heterocycles. The van der Waals surface area contributed by atoms with Crippen LogP contribution in [-0.4, -0.2) is 12.6 Å². The molecule has 0 radical (unpaired) electrons. The molecule has 2 fully saturated rings. The van der Waals surface area contributed by atoms with Crippen LogP contribution in [0.4, 0.5) is 0 Å². The lowest BCUT2D eigenvalue weighted by molar-refractivity contribution is 0.286. The SMILES string of the molecule is CC1CCC(NCCC2CCCCC2)CC1. The summed E-state index contributed by atoms with van der Waals surface area (Å²) in [6.07, 6.45) is 14.7.